The van der Waals surface area contributed by atoms with Crippen molar-refractivity contribution in [1.82, 2.24) is 30.1 Å². The van der Waals surface area contributed by atoms with E-state index in [1.807, 2.05) is 24.4 Å². The molecule has 140 valence electrons. The number of nitrogens with one attached hydrogen (secondary N) is 1. The highest BCUT2D eigenvalue weighted by atomic mass is 15.2. The molecule has 5 aromatic rings. The Morgan fingerprint density at radius 2 is 1.97 bits per heavy atom. The van der Waals surface area contributed by atoms with Crippen LogP contribution in [0.1, 0.15) is 11.1 Å². The van der Waals surface area contributed by atoms with Crippen LogP contribution in [0.15, 0.2) is 55.1 Å². The van der Waals surface area contributed by atoms with Crippen LogP contribution in [0.4, 0.5) is 11.5 Å². The van der Waals surface area contributed by atoms with Crippen molar-refractivity contribution in [3.05, 3.63) is 66.2 Å². The van der Waals surface area contributed by atoms with E-state index >= 15 is 0 Å². The molecular weight excluding hydrogens is 362 g/mol. The number of rotatable bonds is 2. The van der Waals surface area contributed by atoms with Gasteiger partial charge < -0.3 is 4.90 Å². The van der Waals surface area contributed by atoms with Gasteiger partial charge in [0.25, 0.3) is 0 Å². The fourth-order valence-electron chi connectivity index (χ4n) is 3.97. The van der Waals surface area contributed by atoms with Gasteiger partial charge in [-0.1, -0.05) is 12.1 Å². The van der Waals surface area contributed by atoms with Gasteiger partial charge >= 0.3 is 0 Å². The maximum Gasteiger partial charge on any atom is 0.163 e. The minimum absolute atomic E-state index is 0.766. The molecule has 0 unspecified atom stereocenters. The van der Waals surface area contributed by atoms with E-state index in [0.29, 0.717) is 0 Å². The molecule has 0 amide bonds. The summed E-state index contributed by atoms with van der Waals surface area (Å²) in [5, 5.41) is 7.88. The summed E-state index contributed by atoms with van der Waals surface area (Å²) >= 11 is 0. The summed E-state index contributed by atoms with van der Waals surface area (Å²) in [4.78, 5) is 20.7. The van der Waals surface area contributed by atoms with E-state index in [4.69, 9.17) is 4.98 Å². The summed E-state index contributed by atoms with van der Waals surface area (Å²) in [7, 11) is 0. The predicted octanol–water partition coefficient (Wildman–Crippen LogP) is 3.97. The number of benzene rings is 1. The topological polar surface area (TPSA) is 83.5 Å². The first-order valence-corrected chi connectivity index (χ1v) is 9.54. The molecule has 1 aliphatic rings. The van der Waals surface area contributed by atoms with Gasteiger partial charge in [0.15, 0.2) is 11.5 Å². The smallest absolute Gasteiger partial charge is 0.163 e. The largest absolute Gasteiger partial charge is 0.324 e. The van der Waals surface area contributed by atoms with Gasteiger partial charge in [0.2, 0.25) is 0 Å². The van der Waals surface area contributed by atoms with E-state index < -0.39 is 0 Å². The van der Waals surface area contributed by atoms with E-state index in [1.54, 1.807) is 12.5 Å². The number of nitrogens with zero attached hydrogens (tertiary/aromatic N) is 6. The SMILES string of the molecule is Cc1ccc2c(c1)N(c1ncnc3ccc(-c4cnc5[nH]ncc5c4)nc13)CC2. The van der Waals surface area contributed by atoms with E-state index in [0.717, 1.165) is 52.1 Å². The Morgan fingerprint density at radius 1 is 1.00 bits per heavy atom. The van der Waals surface area contributed by atoms with Crippen LogP contribution in [0.5, 0.6) is 0 Å². The van der Waals surface area contributed by atoms with Crippen molar-refractivity contribution in [3.8, 4) is 11.3 Å². The van der Waals surface area contributed by atoms with E-state index in [1.165, 1.54) is 16.8 Å². The Bertz CT molecular complexity index is 1390. The highest BCUT2D eigenvalue weighted by Gasteiger charge is 2.24. The van der Waals surface area contributed by atoms with Crippen molar-refractivity contribution < 1.29 is 0 Å². The molecule has 29 heavy (non-hydrogen) atoms. The van der Waals surface area contributed by atoms with Gasteiger partial charge in [0, 0.05) is 29.4 Å². The molecule has 1 N–H and O–H groups in total. The molecule has 5 heterocycles. The van der Waals surface area contributed by atoms with Crippen LogP contribution in [0.3, 0.4) is 0 Å². The van der Waals surface area contributed by atoms with E-state index in [-0.39, 0.29) is 0 Å². The molecule has 0 bridgehead atoms. The number of hydrogen-bond donors (Lipinski definition) is 1. The van der Waals surface area contributed by atoms with Crippen LogP contribution in [0.25, 0.3) is 33.3 Å². The first-order valence-electron chi connectivity index (χ1n) is 9.54. The van der Waals surface area contributed by atoms with Crippen molar-refractivity contribution in [2.24, 2.45) is 0 Å². The monoisotopic (exact) mass is 379 g/mol. The van der Waals surface area contributed by atoms with Crippen LogP contribution in [-0.4, -0.2) is 36.7 Å². The molecule has 1 aliphatic heterocycles. The maximum absolute atomic E-state index is 4.94. The number of pyridine rings is 2. The average molecular weight is 379 g/mol. The zero-order chi connectivity index (χ0) is 19.4. The van der Waals surface area contributed by atoms with Gasteiger partial charge in [0.05, 0.1) is 17.4 Å². The van der Waals surface area contributed by atoms with Crippen LogP contribution >= 0.6 is 0 Å². The molecule has 7 heteroatoms. The van der Waals surface area contributed by atoms with Crippen molar-refractivity contribution >= 4 is 33.6 Å². The van der Waals surface area contributed by atoms with Crippen molar-refractivity contribution in [2.45, 2.75) is 13.3 Å². The molecule has 0 saturated heterocycles. The summed E-state index contributed by atoms with van der Waals surface area (Å²) in [5.74, 6) is 0.846. The van der Waals surface area contributed by atoms with Gasteiger partial charge in [-0.25, -0.2) is 19.9 Å². The quantitative estimate of drug-likeness (QED) is 0.500. The molecular formula is C22H17N7. The van der Waals surface area contributed by atoms with Gasteiger partial charge in [-0.15, -0.1) is 0 Å². The second-order valence-electron chi connectivity index (χ2n) is 7.33. The molecule has 1 aromatic carbocycles. The van der Waals surface area contributed by atoms with Crippen LogP contribution in [0, 0.1) is 6.92 Å². The molecule has 0 spiro atoms. The lowest BCUT2D eigenvalue weighted by Crippen LogP contribution is -2.16. The predicted molar refractivity (Wildman–Crippen MR) is 112 cm³/mol. The minimum atomic E-state index is 0.766. The molecule has 6 rings (SSSR count). The molecule has 7 nitrogen and oxygen atoms in total. The summed E-state index contributed by atoms with van der Waals surface area (Å²) in [6.45, 7) is 3.00. The first-order chi connectivity index (χ1) is 14.3. The second kappa shape index (κ2) is 6.07. The standard InChI is InChI=1S/C22H17N7/c1-13-2-3-14-6-7-29(19(14)8-13)22-20-18(24-12-25-22)5-4-17(27-20)15-9-16-11-26-28-21(16)23-10-15/h2-5,8-12H,6-7H2,1H3,(H,23,26,28). The molecule has 4 aromatic heterocycles. The lowest BCUT2D eigenvalue weighted by molar-refractivity contribution is 0.971. The number of fused-ring (bicyclic) bond motifs is 3. The summed E-state index contributed by atoms with van der Waals surface area (Å²) in [6, 6.07) is 12.6. The normalized spacial score (nSPS) is 13.3. The summed E-state index contributed by atoms with van der Waals surface area (Å²) in [6.07, 6.45) is 6.20. The lowest BCUT2D eigenvalue weighted by Gasteiger charge is -2.20. The Hall–Kier alpha value is -3.87. The first kappa shape index (κ1) is 16.1. The van der Waals surface area contributed by atoms with Crippen LogP contribution in [0.2, 0.25) is 0 Å². The Labute approximate surface area is 166 Å². The summed E-state index contributed by atoms with van der Waals surface area (Å²) in [5.41, 5.74) is 7.96. The number of anilines is 2. The van der Waals surface area contributed by atoms with Gasteiger partial charge in [-0.2, -0.15) is 5.10 Å². The number of hydrogen-bond acceptors (Lipinski definition) is 6. The molecule has 0 saturated carbocycles. The maximum atomic E-state index is 4.94. The summed E-state index contributed by atoms with van der Waals surface area (Å²) < 4.78 is 0. The third-order valence-electron chi connectivity index (χ3n) is 5.44. The zero-order valence-corrected chi connectivity index (χ0v) is 15.8. The highest BCUT2D eigenvalue weighted by Crippen LogP contribution is 2.37. The number of aromatic amines is 1. The van der Waals surface area contributed by atoms with Crippen LogP contribution < -0.4 is 4.90 Å². The Morgan fingerprint density at radius 3 is 2.93 bits per heavy atom. The van der Waals surface area contributed by atoms with Crippen molar-refractivity contribution in [1.29, 1.82) is 0 Å². The lowest BCUT2D eigenvalue weighted by atomic mass is 10.1. The Balaban J connectivity index is 1.52. The van der Waals surface area contributed by atoms with Crippen LogP contribution in [-0.2, 0) is 6.42 Å². The minimum Gasteiger partial charge on any atom is -0.324 e. The third-order valence-corrected chi connectivity index (χ3v) is 5.44. The third kappa shape index (κ3) is 2.55. The number of H-pyrrole nitrogens is 1. The molecule has 0 aliphatic carbocycles. The number of aryl methyl sites for hydroxylation is 1. The van der Waals surface area contributed by atoms with Gasteiger partial charge in [0.1, 0.15) is 11.8 Å². The molecule has 0 fully saturated rings. The second-order valence-corrected chi connectivity index (χ2v) is 7.33. The van der Waals surface area contributed by atoms with Gasteiger partial charge in [-0.05, 0) is 48.7 Å². The highest BCUT2D eigenvalue weighted by molar-refractivity contribution is 5.91. The van der Waals surface area contributed by atoms with Crippen molar-refractivity contribution in [3.63, 3.8) is 0 Å². The Kier molecular flexibility index (Phi) is 3.37. The van der Waals surface area contributed by atoms with E-state index in [9.17, 15) is 0 Å². The fraction of sp³-hybridized carbons (Fsp3) is 0.136. The molecule has 0 atom stereocenters. The number of aromatic nitrogens is 6. The molecule has 0 radical (unpaired) electrons. The fourth-order valence-corrected chi connectivity index (χ4v) is 3.97. The average Bonchev–Trinajstić information content (AvgIpc) is 3.39. The van der Waals surface area contributed by atoms with Crippen molar-refractivity contribution in [2.75, 3.05) is 11.4 Å². The van der Waals surface area contributed by atoms with E-state index in [2.05, 4.69) is 55.2 Å². The van der Waals surface area contributed by atoms with Gasteiger partial charge in [-0.3, -0.25) is 5.10 Å². The zero-order valence-electron chi connectivity index (χ0n) is 15.8.